The van der Waals surface area contributed by atoms with Crippen LogP contribution >= 0.6 is 7.82 Å². The van der Waals surface area contributed by atoms with Crippen LogP contribution in [0.4, 0.5) is 0 Å². The number of carbonyl (C=O) groups excluding carboxylic acids is 1. The van der Waals surface area contributed by atoms with Gasteiger partial charge in [0.15, 0.2) is 0 Å². The molecule has 0 aliphatic carbocycles. The molecule has 0 aromatic rings. The quantitative estimate of drug-likeness (QED) is 0.0252. The molecule has 9 nitrogen and oxygen atoms in total. The molecule has 3 unspecified atom stereocenters. The molecule has 10 heteroatoms. The summed E-state index contributed by atoms with van der Waals surface area (Å²) < 4.78 is 33.2. The van der Waals surface area contributed by atoms with Crippen LogP contribution in [-0.2, 0) is 27.9 Å². The average Bonchev–Trinajstić information content (AvgIpc) is 3.06. The van der Waals surface area contributed by atoms with Gasteiger partial charge in [0.1, 0.15) is 12.2 Å². The number of ether oxygens (including phenoxy) is 2. The Labute approximate surface area is 288 Å². The van der Waals surface area contributed by atoms with Crippen molar-refractivity contribution in [2.24, 2.45) is 0 Å². The molecule has 47 heavy (non-hydrogen) atoms. The number of rotatable bonds is 37. The predicted octanol–water partition coefficient (Wildman–Crippen LogP) is 9.75. The van der Waals surface area contributed by atoms with Crippen LogP contribution in [0.15, 0.2) is 12.2 Å². The first-order valence-corrected chi connectivity index (χ1v) is 20.7. The number of esters is 1. The van der Waals surface area contributed by atoms with Crippen molar-refractivity contribution >= 4 is 13.8 Å². The summed E-state index contributed by atoms with van der Waals surface area (Å²) in [5.41, 5.74) is 0. The van der Waals surface area contributed by atoms with Crippen molar-refractivity contribution in [1.29, 1.82) is 0 Å². The van der Waals surface area contributed by atoms with Crippen LogP contribution in [0.5, 0.6) is 0 Å². The maximum atomic E-state index is 12.5. The molecule has 0 heterocycles. The second kappa shape index (κ2) is 35.0. The fourth-order valence-electron chi connectivity index (χ4n) is 5.23. The van der Waals surface area contributed by atoms with Crippen molar-refractivity contribution in [1.82, 2.24) is 0 Å². The Morgan fingerprint density at radius 2 is 1.09 bits per heavy atom. The fraction of sp³-hybridized carbons (Fsp3) is 0.919. The molecule has 0 aromatic carbocycles. The molecule has 0 fully saturated rings. The van der Waals surface area contributed by atoms with Gasteiger partial charge in [-0.3, -0.25) is 13.8 Å². The summed E-state index contributed by atoms with van der Waals surface area (Å²) in [6.07, 6.45) is 31.7. The lowest BCUT2D eigenvalue weighted by Gasteiger charge is -2.20. The third-order valence-electron chi connectivity index (χ3n) is 8.20. The van der Waals surface area contributed by atoms with E-state index in [0.29, 0.717) is 6.61 Å². The Hall–Kier alpha value is -0.800. The Balaban J connectivity index is 4.19. The van der Waals surface area contributed by atoms with Crippen LogP contribution in [0, 0.1) is 0 Å². The number of allylic oxidation sites excluding steroid dienone is 2. The van der Waals surface area contributed by atoms with Gasteiger partial charge in [-0.1, -0.05) is 142 Å². The summed E-state index contributed by atoms with van der Waals surface area (Å²) in [7, 11) is -4.50. The summed E-state index contributed by atoms with van der Waals surface area (Å²) in [5, 5.41) is 18.3. The highest BCUT2D eigenvalue weighted by Gasteiger charge is 2.26. The highest BCUT2D eigenvalue weighted by molar-refractivity contribution is 7.47. The van der Waals surface area contributed by atoms with Gasteiger partial charge < -0.3 is 24.6 Å². The number of aliphatic hydroxyl groups is 2. The zero-order chi connectivity index (χ0) is 34.7. The van der Waals surface area contributed by atoms with E-state index < -0.39 is 33.2 Å². The SMILES string of the molecule is CCCCCCCC/C=C\CCCCCCCCOCC(COP(=O)(O)OCC(O)CO)OC(=O)CCCCCCCCCCCC. The van der Waals surface area contributed by atoms with Gasteiger partial charge in [0.05, 0.1) is 26.4 Å². The molecule has 3 atom stereocenters. The Bertz CT molecular complexity index is 749. The van der Waals surface area contributed by atoms with E-state index in [1.807, 2.05) is 0 Å². The topological polar surface area (TPSA) is 132 Å². The van der Waals surface area contributed by atoms with Crippen molar-refractivity contribution < 1.29 is 43.0 Å². The van der Waals surface area contributed by atoms with E-state index in [2.05, 4.69) is 26.0 Å². The highest BCUT2D eigenvalue weighted by atomic mass is 31.2. The minimum Gasteiger partial charge on any atom is -0.457 e. The van der Waals surface area contributed by atoms with Crippen LogP contribution in [0.2, 0.25) is 0 Å². The average molecular weight is 693 g/mol. The van der Waals surface area contributed by atoms with Crippen LogP contribution in [0.25, 0.3) is 0 Å². The lowest BCUT2D eigenvalue weighted by Crippen LogP contribution is -2.29. The molecule has 0 aliphatic heterocycles. The van der Waals surface area contributed by atoms with Crippen molar-refractivity contribution in [2.45, 2.75) is 187 Å². The van der Waals surface area contributed by atoms with Gasteiger partial charge >= 0.3 is 13.8 Å². The van der Waals surface area contributed by atoms with Crippen molar-refractivity contribution in [3.05, 3.63) is 12.2 Å². The summed E-state index contributed by atoms with van der Waals surface area (Å²) in [6.45, 7) is 3.49. The van der Waals surface area contributed by atoms with E-state index in [4.69, 9.17) is 23.6 Å². The monoisotopic (exact) mass is 692 g/mol. The summed E-state index contributed by atoms with van der Waals surface area (Å²) >= 11 is 0. The van der Waals surface area contributed by atoms with Crippen LogP contribution in [-0.4, -0.2) is 66.3 Å². The van der Waals surface area contributed by atoms with Gasteiger partial charge in [0.2, 0.25) is 0 Å². The van der Waals surface area contributed by atoms with Crippen molar-refractivity contribution in [3.8, 4) is 0 Å². The summed E-state index contributed by atoms with van der Waals surface area (Å²) in [5.74, 6) is -0.386. The van der Waals surface area contributed by atoms with Crippen LogP contribution in [0.1, 0.15) is 174 Å². The number of aliphatic hydroxyl groups excluding tert-OH is 2. The van der Waals surface area contributed by atoms with Gasteiger partial charge in [-0.15, -0.1) is 0 Å². The molecule has 0 saturated heterocycles. The molecule has 0 bridgehead atoms. The number of unbranched alkanes of at least 4 members (excludes halogenated alkanes) is 21. The first-order chi connectivity index (χ1) is 22.8. The van der Waals surface area contributed by atoms with E-state index >= 15 is 0 Å². The van der Waals surface area contributed by atoms with Crippen LogP contribution < -0.4 is 0 Å². The normalized spacial score (nSPS) is 14.4. The molecule has 0 saturated carbocycles. The molecule has 280 valence electrons. The van der Waals surface area contributed by atoms with E-state index in [9.17, 15) is 19.4 Å². The number of phosphoric ester groups is 1. The molecule has 0 rings (SSSR count). The van der Waals surface area contributed by atoms with Crippen molar-refractivity contribution in [2.75, 3.05) is 33.0 Å². The third-order valence-corrected chi connectivity index (χ3v) is 9.15. The number of carbonyl (C=O) groups is 1. The number of hydrogen-bond acceptors (Lipinski definition) is 8. The largest absolute Gasteiger partial charge is 0.472 e. The van der Waals surface area contributed by atoms with Gasteiger partial charge in [0.25, 0.3) is 0 Å². The van der Waals surface area contributed by atoms with E-state index in [0.717, 1.165) is 44.9 Å². The summed E-state index contributed by atoms with van der Waals surface area (Å²) in [6, 6.07) is 0. The second-order valence-electron chi connectivity index (χ2n) is 13.0. The molecule has 0 radical (unpaired) electrons. The molecule has 0 amide bonds. The first-order valence-electron chi connectivity index (χ1n) is 19.2. The lowest BCUT2D eigenvalue weighted by molar-refractivity contribution is -0.154. The smallest absolute Gasteiger partial charge is 0.457 e. The third kappa shape index (κ3) is 34.8. The number of hydrogen-bond donors (Lipinski definition) is 3. The Morgan fingerprint density at radius 1 is 0.638 bits per heavy atom. The van der Waals surface area contributed by atoms with Crippen molar-refractivity contribution in [3.63, 3.8) is 0 Å². The van der Waals surface area contributed by atoms with E-state index in [1.54, 1.807) is 0 Å². The number of phosphoric acid groups is 1. The molecular formula is C37H73O9P. The van der Waals surface area contributed by atoms with Gasteiger partial charge in [-0.25, -0.2) is 4.57 Å². The molecule has 0 spiro atoms. The molecule has 0 aliphatic rings. The van der Waals surface area contributed by atoms with E-state index in [1.165, 1.54) is 109 Å². The minimum atomic E-state index is -4.50. The molecule has 3 N–H and O–H groups in total. The second-order valence-corrected chi connectivity index (χ2v) is 14.4. The lowest BCUT2D eigenvalue weighted by atomic mass is 10.1. The maximum absolute atomic E-state index is 12.5. The zero-order valence-electron chi connectivity index (χ0n) is 30.3. The molecule has 0 aromatic heterocycles. The van der Waals surface area contributed by atoms with Gasteiger partial charge in [-0.2, -0.15) is 0 Å². The first kappa shape index (κ1) is 46.2. The minimum absolute atomic E-state index is 0.0497. The van der Waals surface area contributed by atoms with Crippen LogP contribution in [0.3, 0.4) is 0 Å². The maximum Gasteiger partial charge on any atom is 0.472 e. The Morgan fingerprint density at radius 3 is 1.60 bits per heavy atom. The predicted molar refractivity (Wildman–Crippen MR) is 191 cm³/mol. The fourth-order valence-corrected chi connectivity index (χ4v) is 6.02. The summed E-state index contributed by atoms with van der Waals surface area (Å²) in [4.78, 5) is 22.4. The highest BCUT2D eigenvalue weighted by Crippen LogP contribution is 2.43. The van der Waals surface area contributed by atoms with Gasteiger partial charge in [-0.05, 0) is 38.5 Å². The van der Waals surface area contributed by atoms with E-state index in [-0.39, 0.29) is 25.6 Å². The molecular weight excluding hydrogens is 619 g/mol. The zero-order valence-corrected chi connectivity index (χ0v) is 31.2. The van der Waals surface area contributed by atoms with Gasteiger partial charge in [0, 0.05) is 13.0 Å². The Kier molecular flexibility index (Phi) is 34.4. The standard InChI is InChI=1S/C37H73O9P/c1-3-5-7-9-11-13-15-16-17-18-19-20-22-24-26-28-30-43-33-36(34-45-47(41,42)44-32-35(39)31-38)46-37(40)29-27-25-23-21-14-12-10-8-6-4-2/h16-17,35-36,38-39H,3-15,18-34H2,1-2H3,(H,41,42)/b17-16-.